The van der Waals surface area contributed by atoms with Crippen LogP contribution in [0.5, 0.6) is 0 Å². The summed E-state index contributed by atoms with van der Waals surface area (Å²) in [5, 5.41) is 0. The highest BCUT2D eigenvalue weighted by Crippen LogP contribution is 2.18. The van der Waals surface area contributed by atoms with Crippen LogP contribution in [0, 0.1) is 0 Å². The van der Waals surface area contributed by atoms with Crippen molar-refractivity contribution < 1.29 is 0 Å². The molecule has 0 spiro atoms. The van der Waals surface area contributed by atoms with Crippen LogP contribution in [-0.4, -0.2) is 21.1 Å². The Hall–Kier alpha value is -0.940. The number of nitrogens with zero attached hydrogens (tertiary/aromatic N) is 3. The molecule has 0 radical (unpaired) electrons. The molecule has 2 rings (SSSR count). The molecule has 0 aromatic carbocycles. The Morgan fingerprint density at radius 3 is 3.07 bits per heavy atom. The molecule has 0 amide bonds. The first-order chi connectivity index (χ1) is 6.72. The topological polar surface area (TPSA) is 56.7 Å². The predicted molar refractivity (Wildman–Crippen MR) is 59.0 cm³/mol. The second-order valence-corrected chi connectivity index (χ2v) is 4.15. The lowest BCUT2D eigenvalue weighted by molar-refractivity contribution is 0.569. The van der Waals surface area contributed by atoms with Gasteiger partial charge in [-0.15, -0.1) is 0 Å². The molecule has 0 bridgehead atoms. The van der Waals surface area contributed by atoms with E-state index in [0.29, 0.717) is 6.54 Å². The molecule has 0 aliphatic rings. The Bertz CT molecular complexity index is 451. The van der Waals surface area contributed by atoms with Crippen LogP contribution in [0.3, 0.4) is 0 Å². The second-order valence-electron chi connectivity index (χ2n) is 3.23. The number of imidazole rings is 1. The van der Waals surface area contributed by atoms with Crippen LogP contribution in [-0.2, 0) is 0 Å². The molecule has 5 heteroatoms. The number of nitrogens with two attached hydrogens (primary N) is 1. The minimum absolute atomic E-state index is 0.230. The van der Waals surface area contributed by atoms with Crippen LogP contribution in [0.1, 0.15) is 13.0 Å². The summed E-state index contributed by atoms with van der Waals surface area (Å²) >= 11 is 3.36. The first-order valence-corrected chi connectivity index (χ1v) is 5.20. The molecule has 0 saturated heterocycles. The van der Waals surface area contributed by atoms with Gasteiger partial charge in [0.15, 0.2) is 5.65 Å². The summed E-state index contributed by atoms with van der Waals surface area (Å²) in [6.45, 7) is 2.63. The van der Waals surface area contributed by atoms with Crippen molar-refractivity contribution in [3.63, 3.8) is 0 Å². The van der Waals surface area contributed by atoms with Crippen LogP contribution in [0.15, 0.2) is 23.1 Å². The highest BCUT2D eigenvalue weighted by Gasteiger charge is 2.08. The summed E-state index contributed by atoms with van der Waals surface area (Å²) in [6, 6.07) is 2.18. The molecular weight excluding hydrogens is 244 g/mol. The van der Waals surface area contributed by atoms with E-state index < -0.39 is 0 Å². The number of pyridine rings is 1. The Morgan fingerprint density at radius 2 is 2.36 bits per heavy atom. The van der Waals surface area contributed by atoms with Crippen molar-refractivity contribution in [3.8, 4) is 0 Å². The van der Waals surface area contributed by atoms with Gasteiger partial charge in [-0.25, -0.2) is 9.97 Å². The number of hydrogen-bond acceptors (Lipinski definition) is 3. The molecule has 14 heavy (non-hydrogen) atoms. The van der Waals surface area contributed by atoms with Gasteiger partial charge in [-0.2, -0.15) is 0 Å². The van der Waals surface area contributed by atoms with Gasteiger partial charge in [0, 0.05) is 23.3 Å². The van der Waals surface area contributed by atoms with E-state index in [1.807, 2.05) is 17.6 Å². The van der Waals surface area contributed by atoms with Crippen molar-refractivity contribution >= 4 is 27.1 Å². The van der Waals surface area contributed by atoms with E-state index in [4.69, 9.17) is 5.73 Å². The van der Waals surface area contributed by atoms with Crippen molar-refractivity contribution in [2.24, 2.45) is 5.73 Å². The lowest BCUT2D eigenvalue weighted by Crippen LogP contribution is -2.15. The van der Waals surface area contributed by atoms with Gasteiger partial charge in [-0.05, 0) is 28.9 Å². The van der Waals surface area contributed by atoms with E-state index in [1.165, 1.54) is 0 Å². The molecule has 2 heterocycles. The minimum Gasteiger partial charge on any atom is -0.328 e. The molecule has 0 aliphatic carbocycles. The van der Waals surface area contributed by atoms with E-state index in [-0.39, 0.29) is 6.04 Å². The molecule has 0 fully saturated rings. The van der Waals surface area contributed by atoms with Crippen molar-refractivity contribution in [2.45, 2.75) is 13.0 Å². The number of rotatable bonds is 2. The summed E-state index contributed by atoms with van der Waals surface area (Å²) in [6.07, 6.45) is 3.55. The zero-order valence-corrected chi connectivity index (χ0v) is 9.40. The van der Waals surface area contributed by atoms with E-state index >= 15 is 0 Å². The molecule has 74 valence electrons. The fourth-order valence-electron chi connectivity index (χ4n) is 1.33. The van der Waals surface area contributed by atoms with Crippen LogP contribution in [0.2, 0.25) is 0 Å². The molecule has 0 aliphatic heterocycles. The van der Waals surface area contributed by atoms with Gasteiger partial charge < -0.3 is 10.3 Å². The first-order valence-electron chi connectivity index (χ1n) is 4.40. The van der Waals surface area contributed by atoms with Gasteiger partial charge in [-0.3, -0.25) is 0 Å². The van der Waals surface area contributed by atoms with E-state index in [0.717, 1.165) is 15.6 Å². The Labute approximate surface area is 90.3 Å². The quantitative estimate of drug-likeness (QED) is 0.888. The van der Waals surface area contributed by atoms with Gasteiger partial charge >= 0.3 is 0 Å². The maximum atomic E-state index is 5.60. The van der Waals surface area contributed by atoms with Gasteiger partial charge in [-0.1, -0.05) is 0 Å². The number of fused-ring (bicyclic) bond motifs is 1. The number of aromatic nitrogens is 3. The zero-order chi connectivity index (χ0) is 10.1. The highest BCUT2D eigenvalue weighted by molar-refractivity contribution is 9.10. The van der Waals surface area contributed by atoms with E-state index in [9.17, 15) is 0 Å². The predicted octanol–water partition coefficient (Wildman–Crippen LogP) is 1.71. The highest BCUT2D eigenvalue weighted by atomic mass is 79.9. The third kappa shape index (κ3) is 1.53. The maximum Gasteiger partial charge on any atom is 0.160 e. The van der Waals surface area contributed by atoms with Crippen LogP contribution in [0.25, 0.3) is 11.2 Å². The SMILES string of the molecule is CC(CN)n1cnc2cc(Br)cnc21. The summed E-state index contributed by atoms with van der Waals surface area (Å²) in [4.78, 5) is 8.57. The smallest absolute Gasteiger partial charge is 0.160 e. The van der Waals surface area contributed by atoms with Gasteiger partial charge in [0.25, 0.3) is 0 Å². The minimum atomic E-state index is 0.230. The van der Waals surface area contributed by atoms with Gasteiger partial charge in [0.2, 0.25) is 0 Å². The van der Waals surface area contributed by atoms with E-state index in [1.54, 1.807) is 12.5 Å². The van der Waals surface area contributed by atoms with Crippen molar-refractivity contribution in [1.82, 2.24) is 14.5 Å². The van der Waals surface area contributed by atoms with Gasteiger partial charge in [0.1, 0.15) is 5.52 Å². The summed E-state index contributed by atoms with van der Waals surface area (Å²) in [5.74, 6) is 0. The third-order valence-corrected chi connectivity index (χ3v) is 2.63. The lowest BCUT2D eigenvalue weighted by atomic mass is 10.3. The summed E-state index contributed by atoms with van der Waals surface area (Å²) in [7, 11) is 0. The summed E-state index contributed by atoms with van der Waals surface area (Å²) < 4.78 is 2.93. The number of hydrogen-bond donors (Lipinski definition) is 1. The first kappa shape index (κ1) is 9.61. The second kappa shape index (κ2) is 3.67. The largest absolute Gasteiger partial charge is 0.328 e. The molecule has 1 unspecified atom stereocenters. The molecular formula is C9H11BrN4. The molecule has 2 aromatic rings. The Balaban J connectivity index is 2.58. The summed E-state index contributed by atoms with van der Waals surface area (Å²) in [5.41, 5.74) is 7.37. The average molecular weight is 255 g/mol. The number of halogens is 1. The van der Waals surface area contributed by atoms with Crippen LogP contribution < -0.4 is 5.73 Å². The van der Waals surface area contributed by atoms with Crippen LogP contribution in [0.4, 0.5) is 0 Å². The molecule has 0 saturated carbocycles. The Morgan fingerprint density at radius 1 is 1.57 bits per heavy atom. The fraction of sp³-hybridized carbons (Fsp3) is 0.333. The van der Waals surface area contributed by atoms with Crippen LogP contribution >= 0.6 is 15.9 Å². The monoisotopic (exact) mass is 254 g/mol. The van der Waals surface area contributed by atoms with Gasteiger partial charge in [0.05, 0.1) is 6.33 Å². The van der Waals surface area contributed by atoms with E-state index in [2.05, 4.69) is 25.9 Å². The zero-order valence-electron chi connectivity index (χ0n) is 7.81. The van der Waals surface area contributed by atoms with Crippen molar-refractivity contribution in [1.29, 1.82) is 0 Å². The molecule has 2 aromatic heterocycles. The fourth-order valence-corrected chi connectivity index (χ4v) is 1.65. The van der Waals surface area contributed by atoms with Crippen molar-refractivity contribution in [3.05, 3.63) is 23.1 Å². The Kier molecular flexibility index (Phi) is 2.52. The molecule has 4 nitrogen and oxygen atoms in total. The third-order valence-electron chi connectivity index (χ3n) is 2.20. The maximum absolute atomic E-state index is 5.60. The standard InChI is InChI=1S/C9H11BrN4/c1-6(3-11)14-5-13-8-2-7(10)4-12-9(8)14/h2,4-6H,3,11H2,1H3. The molecule has 2 N–H and O–H groups in total. The molecule has 1 atom stereocenters. The lowest BCUT2D eigenvalue weighted by Gasteiger charge is -2.10. The average Bonchev–Trinajstić information content (AvgIpc) is 2.59. The normalized spacial score (nSPS) is 13.4. The van der Waals surface area contributed by atoms with Crippen molar-refractivity contribution in [2.75, 3.05) is 6.54 Å².